The van der Waals surface area contributed by atoms with Crippen LogP contribution in [0, 0.1) is 40.4 Å². The molecule has 2 heterocycles. The summed E-state index contributed by atoms with van der Waals surface area (Å²) >= 11 is 0. The van der Waals surface area contributed by atoms with Crippen molar-refractivity contribution in [2.24, 2.45) is 17.8 Å². The maximum atomic E-state index is 10.7. The maximum Gasteiger partial charge on any atom is 0.0991 e. The molecule has 0 N–H and O–H groups in total. The van der Waals surface area contributed by atoms with Crippen LogP contribution in [0.25, 0.3) is 0 Å². The first-order valence-corrected chi connectivity index (χ1v) is 13.1. The molecule has 2 aromatic carbocycles. The Hall–Kier alpha value is -2.86. The Bertz CT molecular complexity index is 1060. The molecule has 0 aromatic heterocycles. The summed E-state index contributed by atoms with van der Waals surface area (Å²) in [5.74, 6) is 1.32. The SMILES string of the molecule is CO[C@@H]1CCC[C@H]1[C@](C#N)(c1ccccc1)C1CCN(CC2CN(c3ccc(C#N)cc3)C2)CC1. The number of nitrogens with zero attached hydrogens (tertiary/aromatic N) is 4. The second-order valence-electron chi connectivity index (χ2n) is 10.7. The summed E-state index contributed by atoms with van der Waals surface area (Å²) in [6.45, 7) is 5.43. The molecule has 35 heavy (non-hydrogen) atoms. The van der Waals surface area contributed by atoms with Crippen LogP contribution in [0.2, 0.25) is 0 Å². The highest BCUT2D eigenvalue weighted by Gasteiger charge is 2.52. The number of methoxy groups -OCH3 is 1. The Morgan fingerprint density at radius 1 is 0.943 bits per heavy atom. The topological polar surface area (TPSA) is 63.3 Å². The third-order valence-electron chi connectivity index (χ3n) is 8.84. The Labute approximate surface area is 209 Å². The predicted molar refractivity (Wildman–Crippen MR) is 138 cm³/mol. The average molecular weight is 469 g/mol. The van der Waals surface area contributed by atoms with Crippen LogP contribution in [0.1, 0.15) is 43.2 Å². The van der Waals surface area contributed by atoms with Gasteiger partial charge in [0.15, 0.2) is 0 Å². The quantitative estimate of drug-likeness (QED) is 0.573. The van der Waals surface area contributed by atoms with Crippen LogP contribution < -0.4 is 4.90 Å². The average Bonchev–Trinajstić information content (AvgIpc) is 3.38. The van der Waals surface area contributed by atoms with E-state index in [4.69, 9.17) is 10.00 Å². The van der Waals surface area contributed by atoms with Crippen molar-refractivity contribution >= 4 is 5.69 Å². The fourth-order valence-electron chi connectivity index (χ4n) is 7.01. The summed E-state index contributed by atoms with van der Waals surface area (Å²) in [4.78, 5) is 5.02. The Kier molecular flexibility index (Phi) is 7.09. The minimum atomic E-state index is -0.465. The smallest absolute Gasteiger partial charge is 0.0991 e. The fourth-order valence-corrected chi connectivity index (χ4v) is 7.01. The number of rotatable bonds is 7. The summed E-state index contributed by atoms with van der Waals surface area (Å²) in [6, 6.07) is 23.6. The molecule has 3 atom stereocenters. The largest absolute Gasteiger partial charge is 0.381 e. The molecule has 2 saturated heterocycles. The number of anilines is 1. The van der Waals surface area contributed by atoms with Gasteiger partial charge in [-0.25, -0.2) is 0 Å². The van der Waals surface area contributed by atoms with Crippen LogP contribution in [0.3, 0.4) is 0 Å². The minimum Gasteiger partial charge on any atom is -0.381 e. The molecule has 3 aliphatic rings. The fraction of sp³-hybridized carbons (Fsp3) is 0.533. The lowest BCUT2D eigenvalue weighted by atomic mass is 9.59. The van der Waals surface area contributed by atoms with E-state index >= 15 is 0 Å². The van der Waals surface area contributed by atoms with Crippen molar-refractivity contribution in [3.63, 3.8) is 0 Å². The molecule has 2 aliphatic heterocycles. The third kappa shape index (κ3) is 4.56. The number of hydrogen-bond donors (Lipinski definition) is 0. The first-order chi connectivity index (χ1) is 17.2. The van der Waals surface area contributed by atoms with Crippen molar-refractivity contribution in [2.75, 3.05) is 44.7 Å². The van der Waals surface area contributed by atoms with Gasteiger partial charge < -0.3 is 14.5 Å². The molecule has 1 aliphatic carbocycles. The number of benzene rings is 2. The van der Waals surface area contributed by atoms with Gasteiger partial charge in [0.1, 0.15) is 0 Å². The van der Waals surface area contributed by atoms with E-state index in [0.29, 0.717) is 17.4 Å². The van der Waals surface area contributed by atoms with Crippen molar-refractivity contribution in [1.29, 1.82) is 10.5 Å². The molecule has 3 fully saturated rings. The van der Waals surface area contributed by atoms with Gasteiger partial charge in [0.25, 0.3) is 0 Å². The van der Waals surface area contributed by atoms with Crippen molar-refractivity contribution in [3.8, 4) is 12.1 Å². The van der Waals surface area contributed by atoms with Crippen LogP contribution >= 0.6 is 0 Å². The summed E-state index contributed by atoms with van der Waals surface area (Å²) in [5.41, 5.74) is 2.65. The molecular formula is C30H36N4O. The first-order valence-electron chi connectivity index (χ1n) is 13.1. The normalized spacial score (nSPS) is 25.4. The molecule has 1 saturated carbocycles. The molecule has 0 unspecified atom stereocenters. The Morgan fingerprint density at radius 3 is 2.29 bits per heavy atom. The molecule has 0 radical (unpaired) electrons. The zero-order valence-corrected chi connectivity index (χ0v) is 20.8. The highest BCUT2D eigenvalue weighted by molar-refractivity contribution is 5.51. The number of ether oxygens (including phenoxy) is 1. The van der Waals surface area contributed by atoms with Crippen LogP contribution in [-0.2, 0) is 10.2 Å². The number of likely N-dealkylation sites (tertiary alicyclic amines) is 1. The van der Waals surface area contributed by atoms with E-state index in [-0.39, 0.29) is 12.0 Å². The molecule has 0 bridgehead atoms. The van der Waals surface area contributed by atoms with E-state index in [0.717, 1.165) is 64.8 Å². The zero-order chi connectivity index (χ0) is 24.3. The van der Waals surface area contributed by atoms with Gasteiger partial charge in [-0.05, 0) is 74.5 Å². The van der Waals surface area contributed by atoms with Gasteiger partial charge in [-0.1, -0.05) is 36.8 Å². The Balaban J connectivity index is 1.22. The van der Waals surface area contributed by atoms with E-state index < -0.39 is 5.41 Å². The van der Waals surface area contributed by atoms with Gasteiger partial charge in [-0.15, -0.1) is 0 Å². The first kappa shape index (κ1) is 23.9. The summed E-state index contributed by atoms with van der Waals surface area (Å²) < 4.78 is 5.92. The van der Waals surface area contributed by atoms with Gasteiger partial charge in [-0.3, -0.25) is 0 Å². The summed E-state index contributed by atoms with van der Waals surface area (Å²) in [7, 11) is 1.82. The van der Waals surface area contributed by atoms with E-state index in [9.17, 15) is 5.26 Å². The molecule has 2 aromatic rings. The third-order valence-corrected chi connectivity index (χ3v) is 8.84. The van der Waals surface area contributed by atoms with Gasteiger partial charge in [0.05, 0.1) is 29.2 Å². The van der Waals surface area contributed by atoms with Gasteiger partial charge in [0.2, 0.25) is 0 Å². The molecule has 182 valence electrons. The second-order valence-corrected chi connectivity index (χ2v) is 10.7. The lowest BCUT2D eigenvalue weighted by molar-refractivity contribution is 0.0193. The van der Waals surface area contributed by atoms with Crippen molar-refractivity contribution in [2.45, 2.75) is 43.6 Å². The molecule has 5 nitrogen and oxygen atoms in total. The summed E-state index contributed by atoms with van der Waals surface area (Å²) in [5, 5.41) is 19.7. The van der Waals surface area contributed by atoms with E-state index in [1.165, 1.54) is 11.3 Å². The van der Waals surface area contributed by atoms with Crippen LogP contribution in [0.5, 0.6) is 0 Å². The van der Waals surface area contributed by atoms with Crippen molar-refractivity contribution in [3.05, 3.63) is 65.7 Å². The van der Waals surface area contributed by atoms with Crippen LogP contribution in [-0.4, -0.2) is 50.8 Å². The van der Waals surface area contributed by atoms with Crippen LogP contribution in [0.15, 0.2) is 54.6 Å². The van der Waals surface area contributed by atoms with Gasteiger partial charge >= 0.3 is 0 Å². The van der Waals surface area contributed by atoms with Crippen LogP contribution in [0.4, 0.5) is 5.69 Å². The van der Waals surface area contributed by atoms with E-state index in [1.807, 2.05) is 19.2 Å². The van der Waals surface area contributed by atoms with Gasteiger partial charge in [0, 0.05) is 44.3 Å². The lowest BCUT2D eigenvalue weighted by Gasteiger charge is -2.48. The standard InChI is InChI=1S/C30H36N4O/c1-35-29-9-5-8-28(29)30(22-32,25-6-3-2-4-7-25)26-14-16-33(17-15-26)19-24-20-34(21-24)27-12-10-23(18-31)11-13-27/h2-4,6-7,10-13,24,26,28-29H,5,8-9,14-17,19-21H2,1H3/t28-,29-,30-/m1/s1. The monoisotopic (exact) mass is 468 g/mol. The molecule has 5 rings (SSSR count). The summed E-state index contributed by atoms with van der Waals surface area (Å²) in [6.07, 6.45) is 5.61. The molecular weight excluding hydrogens is 432 g/mol. The maximum absolute atomic E-state index is 10.7. The lowest BCUT2D eigenvalue weighted by Crippen LogP contribution is -2.54. The van der Waals surface area contributed by atoms with E-state index in [2.05, 4.69) is 64.4 Å². The number of piperidine rings is 1. The number of nitriles is 2. The predicted octanol–water partition coefficient (Wildman–Crippen LogP) is 4.98. The highest BCUT2D eigenvalue weighted by atomic mass is 16.5. The van der Waals surface area contributed by atoms with Crippen molar-refractivity contribution in [1.82, 2.24) is 4.90 Å². The molecule has 0 spiro atoms. The van der Waals surface area contributed by atoms with Crippen molar-refractivity contribution < 1.29 is 4.74 Å². The second kappa shape index (κ2) is 10.4. The Morgan fingerprint density at radius 2 is 1.66 bits per heavy atom. The highest BCUT2D eigenvalue weighted by Crippen LogP contribution is 2.50. The minimum absolute atomic E-state index is 0.177. The number of hydrogen-bond acceptors (Lipinski definition) is 5. The molecule has 5 heteroatoms. The zero-order valence-electron chi connectivity index (χ0n) is 20.8. The molecule has 0 amide bonds. The van der Waals surface area contributed by atoms with E-state index in [1.54, 1.807) is 0 Å². The van der Waals surface area contributed by atoms with Gasteiger partial charge in [-0.2, -0.15) is 10.5 Å².